The van der Waals surface area contributed by atoms with Gasteiger partial charge in [0, 0.05) is 13.8 Å². The summed E-state index contributed by atoms with van der Waals surface area (Å²) in [7, 11) is -4.76. The lowest BCUT2D eigenvalue weighted by Crippen LogP contribution is -2.29. The van der Waals surface area contributed by atoms with E-state index >= 15 is 0 Å². The number of hydrogen-bond donors (Lipinski definition) is 2. The molecule has 2 unspecified atom stereocenters. The Morgan fingerprint density at radius 1 is 1.14 bits per heavy atom. The van der Waals surface area contributed by atoms with Crippen molar-refractivity contribution in [2.45, 2.75) is 26.1 Å². The molecule has 0 aromatic carbocycles. The van der Waals surface area contributed by atoms with E-state index in [0.29, 0.717) is 0 Å². The molecule has 2 N–H and O–H groups in total. The minimum absolute atomic E-state index is 0.381. The number of aliphatic hydroxyl groups excluding tert-OH is 2. The molecule has 0 saturated heterocycles. The second-order valence-electron chi connectivity index (χ2n) is 3.91. The van der Waals surface area contributed by atoms with E-state index in [1.54, 1.807) is 0 Å². The smallest absolute Gasteiger partial charge is 0.303 e. The van der Waals surface area contributed by atoms with Crippen molar-refractivity contribution in [3.63, 3.8) is 0 Å². The van der Waals surface area contributed by atoms with Gasteiger partial charge in [-0.15, -0.1) is 0 Å². The van der Waals surface area contributed by atoms with Crippen molar-refractivity contribution in [3.8, 4) is 0 Å². The van der Waals surface area contributed by atoms with Gasteiger partial charge in [-0.2, -0.15) is 0 Å². The summed E-state index contributed by atoms with van der Waals surface area (Å²) in [6, 6.07) is 0. The maximum Gasteiger partial charge on any atom is 0.303 e. The lowest BCUT2D eigenvalue weighted by molar-refractivity contribution is -0.230. The molecule has 0 fully saturated rings. The van der Waals surface area contributed by atoms with Crippen LogP contribution in [0.1, 0.15) is 13.8 Å². The molecule has 11 heteroatoms. The van der Waals surface area contributed by atoms with E-state index in [4.69, 9.17) is 14.9 Å². The van der Waals surface area contributed by atoms with E-state index in [-0.39, 0.29) is 6.61 Å². The first-order chi connectivity index (χ1) is 9.66. The molecule has 0 heterocycles. The summed E-state index contributed by atoms with van der Waals surface area (Å²) < 4.78 is 29.3. The Hall–Kier alpha value is -1.03. The van der Waals surface area contributed by atoms with Gasteiger partial charge in [0.2, 0.25) is 0 Å². The number of ether oxygens (including phenoxy) is 2. The van der Waals surface area contributed by atoms with Crippen LogP contribution in [0.5, 0.6) is 0 Å². The molecule has 0 saturated carbocycles. The number of aliphatic hydroxyl groups is 2. The summed E-state index contributed by atoms with van der Waals surface area (Å²) in [5.41, 5.74) is 0. The molecule has 0 aliphatic carbocycles. The first-order valence-corrected chi connectivity index (χ1v) is 7.32. The monoisotopic (exact) mass is 329 g/mol. The van der Waals surface area contributed by atoms with Gasteiger partial charge in [-0.3, -0.25) is 14.2 Å². The van der Waals surface area contributed by atoms with Crippen LogP contribution < -0.4 is 4.89 Å². The maximum atomic E-state index is 11.3. The van der Waals surface area contributed by atoms with Crippen LogP contribution in [0.15, 0.2) is 0 Å². The average Bonchev–Trinajstić information content (AvgIpc) is 2.38. The minimum atomic E-state index is -4.76. The molecule has 0 amide bonds. The zero-order valence-electron chi connectivity index (χ0n) is 11.6. The van der Waals surface area contributed by atoms with Crippen molar-refractivity contribution in [3.05, 3.63) is 0 Å². The zero-order chi connectivity index (χ0) is 16.5. The van der Waals surface area contributed by atoms with Gasteiger partial charge < -0.3 is 33.6 Å². The van der Waals surface area contributed by atoms with Crippen molar-refractivity contribution < 1.29 is 47.8 Å². The van der Waals surface area contributed by atoms with Crippen LogP contribution in [0.3, 0.4) is 0 Å². The Labute approximate surface area is 121 Å². The molecule has 0 aromatic heterocycles. The fourth-order valence-corrected chi connectivity index (χ4v) is 1.78. The van der Waals surface area contributed by atoms with Gasteiger partial charge in [0.1, 0.15) is 12.7 Å². The summed E-state index contributed by atoms with van der Waals surface area (Å²) in [4.78, 5) is 32.8. The molecule has 0 aliphatic heterocycles. The Morgan fingerprint density at radius 3 is 2.19 bits per heavy atom. The summed E-state index contributed by atoms with van der Waals surface area (Å²) in [5, 5.41) is 17.4. The third-order valence-electron chi connectivity index (χ3n) is 1.86. The van der Waals surface area contributed by atoms with Crippen molar-refractivity contribution in [2.24, 2.45) is 0 Å². The molecular weight excluding hydrogens is 311 g/mol. The van der Waals surface area contributed by atoms with Crippen molar-refractivity contribution in [2.75, 3.05) is 26.4 Å². The lowest BCUT2D eigenvalue weighted by atomic mass is 10.4. The van der Waals surface area contributed by atoms with E-state index in [9.17, 15) is 19.0 Å². The van der Waals surface area contributed by atoms with Gasteiger partial charge in [0.05, 0.1) is 19.8 Å². The van der Waals surface area contributed by atoms with E-state index in [1.165, 1.54) is 0 Å². The molecule has 0 radical (unpaired) electrons. The minimum Gasteiger partial charge on any atom is -0.756 e. The molecule has 3 atom stereocenters. The molecule has 124 valence electrons. The fourth-order valence-electron chi connectivity index (χ4n) is 1.00. The van der Waals surface area contributed by atoms with Crippen LogP contribution in [-0.2, 0) is 32.7 Å². The summed E-state index contributed by atoms with van der Waals surface area (Å²) in [6.45, 7) is -0.145. The van der Waals surface area contributed by atoms with E-state index in [1.807, 2.05) is 0 Å². The highest BCUT2D eigenvalue weighted by Crippen LogP contribution is 2.38. The van der Waals surface area contributed by atoms with Crippen LogP contribution in [0, 0.1) is 0 Å². The second kappa shape index (κ2) is 9.82. The van der Waals surface area contributed by atoms with Gasteiger partial charge in [0.15, 0.2) is 6.10 Å². The standard InChI is InChI=1S/C10H19O10P/c1-7(12)17-5-10(20-8(2)13)6-19-21(15,16)18-4-9(14)3-11/h9-11,14H,3-6H2,1-2H3,(H,15,16)/p-1/t9?,10-/m1/s1. The molecule has 0 aliphatic rings. The number of phosphoric acid groups is 1. The third kappa shape index (κ3) is 11.3. The van der Waals surface area contributed by atoms with E-state index in [2.05, 4.69) is 13.8 Å². The quantitative estimate of drug-likeness (QED) is 0.351. The Balaban J connectivity index is 4.32. The number of carbonyl (C=O) groups is 2. The zero-order valence-corrected chi connectivity index (χ0v) is 12.5. The predicted molar refractivity (Wildman–Crippen MR) is 64.8 cm³/mol. The average molecular weight is 329 g/mol. The molecule has 0 aromatic rings. The Kier molecular flexibility index (Phi) is 9.34. The van der Waals surface area contributed by atoms with Crippen LogP contribution >= 0.6 is 7.82 Å². The van der Waals surface area contributed by atoms with Gasteiger partial charge in [-0.1, -0.05) is 0 Å². The highest BCUT2D eigenvalue weighted by Gasteiger charge is 2.19. The molecular formula is C10H18O10P-. The highest BCUT2D eigenvalue weighted by molar-refractivity contribution is 7.45. The molecule has 0 spiro atoms. The number of phosphoric ester groups is 1. The van der Waals surface area contributed by atoms with Gasteiger partial charge in [-0.05, 0) is 0 Å². The molecule has 21 heavy (non-hydrogen) atoms. The number of esters is 2. The van der Waals surface area contributed by atoms with Gasteiger partial charge in [0.25, 0.3) is 7.82 Å². The van der Waals surface area contributed by atoms with Crippen molar-refractivity contribution in [1.29, 1.82) is 0 Å². The van der Waals surface area contributed by atoms with Crippen LogP contribution in [0.4, 0.5) is 0 Å². The number of hydrogen-bond acceptors (Lipinski definition) is 10. The largest absolute Gasteiger partial charge is 0.756 e. The van der Waals surface area contributed by atoms with E-state index in [0.717, 1.165) is 13.8 Å². The van der Waals surface area contributed by atoms with Crippen molar-refractivity contribution >= 4 is 19.8 Å². The number of rotatable bonds is 10. The summed E-state index contributed by atoms with van der Waals surface area (Å²) in [5.74, 6) is -1.35. The van der Waals surface area contributed by atoms with Crippen LogP contribution in [-0.4, -0.2) is 60.8 Å². The first kappa shape index (κ1) is 20.0. The van der Waals surface area contributed by atoms with Crippen LogP contribution in [0.2, 0.25) is 0 Å². The SMILES string of the molecule is CC(=O)OC[C@H](COP(=O)([O-])OCC(O)CO)OC(C)=O. The first-order valence-electron chi connectivity index (χ1n) is 5.86. The fraction of sp³-hybridized carbons (Fsp3) is 0.800. The van der Waals surface area contributed by atoms with Crippen molar-refractivity contribution in [1.82, 2.24) is 0 Å². The molecule has 0 bridgehead atoms. The van der Waals surface area contributed by atoms with Gasteiger partial charge in [-0.25, -0.2) is 0 Å². The van der Waals surface area contributed by atoms with Crippen LogP contribution in [0.25, 0.3) is 0 Å². The topological polar surface area (TPSA) is 152 Å². The highest BCUT2D eigenvalue weighted by atomic mass is 31.2. The Bertz CT molecular complexity index is 384. The second-order valence-corrected chi connectivity index (χ2v) is 5.32. The van der Waals surface area contributed by atoms with Gasteiger partial charge >= 0.3 is 11.9 Å². The summed E-state index contributed by atoms with van der Waals surface area (Å²) >= 11 is 0. The summed E-state index contributed by atoms with van der Waals surface area (Å²) in [6.07, 6.45) is -2.50. The predicted octanol–water partition coefficient (Wildman–Crippen LogP) is -1.66. The Morgan fingerprint density at radius 2 is 1.71 bits per heavy atom. The number of carbonyl (C=O) groups excluding carboxylic acids is 2. The third-order valence-corrected chi connectivity index (χ3v) is 2.79. The molecule has 0 rings (SSSR count). The maximum absolute atomic E-state index is 11.3. The normalized spacial score (nSPS) is 16.6. The molecule has 10 nitrogen and oxygen atoms in total. The van der Waals surface area contributed by atoms with E-state index < -0.39 is 51.8 Å². The lowest BCUT2D eigenvalue weighted by Gasteiger charge is -2.26.